The molecule has 0 saturated heterocycles. The molecule has 0 amide bonds. The number of hydrogen-bond acceptors (Lipinski definition) is 8. The molecule has 0 N–H and O–H groups in total. The summed E-state index contributed by atoms with van der Waals surface area (Å²) < 4.78 is 21.8. The molecule has 0 spiro atoms. The third kappa shape index (κ3) is 5.83. The molecule has 36 heavy (non-hydrogen) atoms. The van der Waals surface area contributed by atoms with E-state index in [2.05, 4.69) is 5.16 Å². The van der Waals surface area contributed by atoms with E-state index in [1.165, 1.54) is 14.2 Å². The summed E-state index contributed by atoms with van der Waals surface area (Å²) in [6.07, 6.45) is -0.282. The fourth-order valence-electron chi connectivity index (χ4n) is 3.79. The zero-order chi connectivity index (χ0) is 25.4. The first-order chi connectivity index (χ1) is 17.5. The lowest BCUT2D eigenvalue weighted by molar-refractivity contribution is -0.173. The van der Waals surface area contributed by atoms with Gasteiger partial charge >= 0.3 is 11.9 Å². The molecule has 0 aliphatic carbocycles. The van der Waals surface area contributed by atoms with Gasteiger partial charge in [-0.25, -0.2) is 4.79 Å². The lowest BCUT2D eigenvalue weighted by Crippen LogP contribution is -2.42. The number of rotatable bonds is 10. The number of carbonyl (C=O) groups is 2. The number of nitrogens with zero attached hydrogens (tertiary/aromatic N) is 1. The third-order valence-electron chi connectivity index (χ3n) is 5.75. The van der Waals surface area contributed by atoms with Crippen LogP contribution in [0.2, 0.25) is 0 Å². The monoisotopic (exact) mass is 489 g/mol. The van der Waals surface area contributed by atoms with E-state index in [0.29, 0.717) is 36.0 Å². The molecule has 0 radical (unpaired) electrons. The molecule has 0 bridgehead atoms. The van der Waals surface area contributed by atoms with Crippen molar-refractivity contribution in [1.29, 1.82) is 0 Å². The molecule has 8 heteroatoms. The van der Waals surface area contributed by atoms with E-state index in [1.54, 1.807) is 12.1 Å². The molecule has 0 fully saturated rings. The Kier molecular flexibility index (Phi) is 7.85. The number of methoxy groups -OCH3 is 2. The SMILES string of the molecule is COC(=O)CC1(C(=O)OC)CC(c2ccc(OCc3ccccc3)c(OCc3ccccc3)c2)=NO1. The van der Waals surface area contributed by atoms with Gasteiger partial charge in [0.25, 0.3) is 0 Å². The van der Waals surface area contributed by atoms with Gasteiger partial charge in [0.15, 0.2) is 11.5 Å². The van der Waals surface area contributed by atoms with Crippen molar-refractivity contribution in [2.24, 2.45) is 5.16 Å². The quantitative estimate of drug-likeness (QED) is 0.389. The Morgan fingerprint density at radius 2 is 1.44 bits per heavy atom. The van der Waals surface area contributed by atoms with E-state index in [-0.39, 0.29) is 12.8 Å². The van der Waals surface area contributed by atoms with E-state index in [9.17, 15) is 9.59 Å². The number of benzene rings is 3. The smallest absolute Gasteiger partial charge is 0.354 e. The first-order valence-corrected chi connectivity index (χ1v) is 11.4. The minimum Gasteiger partial charge on any atom is -0.485 e. The van der Waals surface area contributed by atoms with Gasteiger partial charge in [0.05, 0.1) is 26.4 Å². The Labute approximate surface area is 209 Å². The van der Waals surface area contributed by atoms with Crippen molar-refractivity contribution in [2.75, 3.05) is 14.2 Å². The van der Waals surface area contributed by atoms with E-state index in [1.807, 2.05) is 66.7 Å². The van der Waals surface area contributed by atoms with Gasteiger partial charge in [-0.05, 0) is 29.3 Å². The van der Waals surface area contributed by atoms with Gasteiger partial charge in [0, 0.05) is 12.0 Å². The van der Waals surface area contributed by atoms with Crippen LogP contribution in [-0.2, 0) is 37.1 Å². The van der Waals surface area contributed by atoms with E-state index in [4.69, 9.17) is 23.8 Å². The van der Waals surface area contributed by atoms with Crippen LogP contribution in [0.5, 0.6) is 11.5 Å². The Balaban J connectivity index is 1.57. The van der Waals surface area contributed by atoms with Crippen molar-refractivity contribution in [3.63, 3.8) is 0 Å². The summed E-state index contributed by atoms with van der Waals surface area (Å²) in [5.41, 5.74) is 1.59. The molecule has 0 saturated carbocycles. The first-order valence-electron chi connectivity index (χ1n) is 11.4. The van der Waals surface area contributed by atoms with Crippen molar-refractivity contribution in [1.82, 2.24) is 0 Å². The summed E-state index contributed by atoms with van der Waals surface area (Å²) >= 11 is 0. The number of carbonyl (C=O) groups excluding carboxylic acids is 2. The summed E-state index contributed by atoms with van der Waals surface area (Å²) in [5, 5.41) is 4.11. The molecule has 1 aliphatic rings. The van der Waals surface area contributed by atoms with Crippen LogP contribution in [0.1, 0.15) is 29.5 Å². The van der Waals surface area contributed by atoms with Gasteiger partial charge in [-0.3, -0.25) is 4.79 Å². The Hall–Kier alpha value is -4.33. The van der Waals surface area contributed by atoms with Crippen molar-refractivity contribution < 1.29 is 33.4 Å². The molecular weight excluding hydrogens is 462 g/mol. The van der Waals surface area contributed by atoms with Gasteiger partial charge in [-0.2, -0.15) is 0 Å². The highest BCUT2D eigenvalue weighted by molar-refractivity contribution is 6.06. The van der Waals surface area contributed by atoms with Crippen LogP contribution in [0.25, 0.3) is 0 Å². The predicted molar refractivity (Wildman–Crippen MR) is 132 cm³/mol. The fraction of sp³-hybridized carbons (Fsp3) is 0.250. The molecule has 8 nitrogen and oxygen atoms in total. The number of oxime groups is 1. The van der Waals surface area contributed by atoms with Crippen LogP contribution >= 0.6 is 0 Å². The Bertz CT molecular complexity index is 1230. The highest BCUT2D eigenvalue weighted by atomic mass is 16.7. The summed E-state index contributed by atoms with van der Waals surface area (Å²) in [5.74, 6) is -0.228. The van der Waals surface area contributed by atoms with Crippen molar-refractivity contribution in [3.8, 4) is 11.5 Å². The summed E-state index contributed by atoms with van der Waals surface area (Å²) in [6, 6.07) is 25.0. The minimum atomic E-state index is -1.58. The standard InChI is InChI=1S/C28H27NO7/c1-32-26(30)17-28(27(31)33-2)16-23(29-36-28)22-13-14-24(34-18-20-9-5-3-6-10-20)25(15-22)35-19-21-11-7-4-8-12-21/h3-15H,16-19H2,1-2H3. The van der Waals surface area contributed by atoms with Crippen molar-refractivity contribution >= 4 is 17.7 Å². The molecule has 1 aliphatic heterocycles. The maximum absolute atomic E-state index is 12.5. The topological polar surface area (TPSA) is 92.7 Å². The third-order valence-corrected chi connectivity index (χ3v) is 5.75. The number of hydrogen-bond donors (Lipinski definition) is 0. The minimum absolute atomic E-state index is 0.0388. The van der Waals surface area contributed by atoms with Gasteiger partial charge in [0.2, 0.25) is 5.60 Å². The van der Waals surface area contributed by atoms with Crippen LogP contribution in [0.3, 0.4) is 0 Å². The molecule has 3 aromatic rings. The second-order valence-corrected chi connectivity index (χ2v) is 8.25. The maximum atomic E-state index is 12.5. The zero-order valence-electron chi connectivity index (χ0n) is 20.1. The average molecular weight is 490 g/mol. The highest BCUT2D eigenvalue weighted by Gasteiger charge is 2.50. The van der Waals surface area contributed by atoms with E-state index < -0.39 is 17.5 Å². The molecule has 1 atom stereocenters. The summed E-state index contributed by atoms with van der Waals surface area (Å²) in [6.45, 7) is 0.708. The molecule has 3 aromatic carbocycles. The second kappa shape index (κ2) is 11.4. The molecule has 0 aromatic heterocycles. The number of esters is 2. The van der Waals surface area contributed by atoms with Gasteiger partial charge in [-0.1, -0.05) is 65.8 Å². The van der Waals surface area contributed by atoms with Crippen LogP contribution in [0.15, 0.2) is 84.0 Å². The van der Waals surface area contributed by atoms with Gasteiger partial charge < -0.3 is 23.8 Å². The van der Waals surface area contributed by atoms with Crippen LogP contribution in [0.4, 0.5) is 0 Å². The average Bonchev–Trinajstić information content (AvgIpc) is 3.36. The molecule has 1 unspecified atom stereocenters. The van der Waals surface area contributed by atoms with E-state index >= 15 is 0 Å². The van der Waals surface area contributed by atoms with Crippen LogP contribution in [-0.4, -0.2) is 37.5 Å². The highest BCUT2D eigenvalue weighted by Crippen LogP contribution is 2.35. The summed E-state index contributed by atoms with van der Waals surface area (Å²) in [4.78, 5) is 29.9. The normalized spacial score (nSPS) is 16.4. The Morgan fingerprint density at radius 1 is 0.833 bits per heavy atom. The van der Waals surface area contributed by atoms with Crippen LogP contribution < -0.4 is 9.47 Å². The maximum Gasteiger partial charge on any atom is 0.354 e. The predicted octanol–water partition coefficient (Wildman–Crippen LogP) is 4.44. The molecular formula is C28H27NO7. The van der Waals surface area contributed by atoms with Crippen molar-refractivity contribution in [3.05, 3.63) is 95.6 Å². The Morgan fingerprint density at radius 3 is 2.03 bits per heavy atom. The van der Waals surface area contributed by atoms with Crippen LogP contribution in [0, 0.1) is 0 Å². The van der Waals surface area contributed by atoms with Gasteiger partial charge in [0.1, 0.15) is 13.2 Å². The zero-order valence-corrected chi connectivity index (χ0v) is 20.1. The lowest BCUT2D eigenvalue weighted by Gasteiger charge is -2.22. The van der Waals surface area contributed by atoms with E-state index in [0.717, 1.165) is 11.1 Å². The fourth-order valence-corrected chi connectivity index (χ4v) is 3.79. The van der Waals surface area contributed by atoms with Crippen molar-refractivity contribution in [2.45, 2.75) is 31.7 Å². The lowest BCUT2D eigenvalue weighted by atomic mass is 9.91. The second-order valence-electron chi connectivity index (χ2n) is 8.25. The number of ether oxygens (including phenoxy) is 4. The molecule has 186 valence electrons. The largest absolute Gasteiger partial charge is 0.485 e. The summed E-state index contributed by atoms with van der Waals surface area (Å²) in [7, 11) is 2.48. The van der Waals surface area contributed by atoms with Gasteiger partial charge in [-0.15, -0.1) is 0 Å². The first kappa shape index (κ1) is 24.8. The molecule has 1 heterocycles. The molecule has 4 rings (SSSR count).